The number of hydrogen-bond acceptors (Lipinski definition) is 5. The lowest BCUT2D eigenvalue weighted by Crippen LogP contribution is -2.15. The van der Waals surface area contributed by atoms with E-state index in [0.717, 1.165) is 5.56 Å². The van der Waals surface area contributed by atoms with E-state index in [2.05, 4.69) is 15.0 Å². The van der Waals surface area contributed by atoms with Gasteiger partial charge in [0.2, 0.25) is 5.88 Å². The second kappa shape index (κ2) is 8.10. The van der Waals surface area contributed by atoms with E-state index in [0.29, 0.717) is 22.8 Å². The number of amides is 1. The summed E-state index contributed by atoms with van der Waals surface area (Å²) >= 11 is 0. The lowest BCUT2D eigenvalue weighted by Gasteiger charge is -2.11. The van der Waals surface area contributed by atoms with Gasteiger partial charge < -0.3 is 10.1 Å². The number of aryl methyl sites for hydroxylation is 1. The molecule has 0 unspecified atom stereocenters. The van der Waals surface area contributed by atoms with Crippen LogP contribution in [0, 0.1) is 6.92 Å². The van der Waals surface area contributed by atoms with E-state index in [-0.39, 0.29) is 10.8 Å². The normalized spacial score (nSPS) is 10.9. The van der Waals surface area contributed by atoms with Crippen LogP contribution in [-0.4, -0.2) is 26.4 Å². The number of nitrogens with zero attached hydrogens (tertiary/aromatic N) is 1. The Labute approximate surface area is 163 Å². The number of ether oxygens (including phenoxy) is 1. The zero-order valence-electron chi connectivity index (χ0n) is 15.3. The Balaban J connectivity index is 1.73. The molecule has 0 atom stereocenters. The molecule has 2 N–H and O–H groups in total. The number of pyridine rings is 1. The summed E-state index contributed by atoms with van der Waals surface area (Å²) in [6, 6.07) is 16.1. The van der Waals surface area contributed by atoms with Crippen LogP contribution in [0.2, 0.25) is 0 Å². The van der Waals surface area contributed by atoms with Crippen molar-refractivity contribution in [1.82, 2.24) is 4.98 Å². The number of carbonyl (C=O) groups is 1. The molecular formula is C20H19N3O4S. The maximum absolute atomic E-state index is 12.6. The number of nitrogens with one attached hydrogen (secondary N) is 2. The summed E-state index contributed by atoms with van der Waals surface area (Å²) in [5.41, 5.74) is 2.15. The minimum atomic E-state index is -3.75. The highest BCUT2D eigenvalue weighted by Crippen LogP contribution is 2.20. The smallest absolute Gasteiger partial charge is 0.261 e. The lowest BCUT2D eigenvalue weighted by molar-refractivity contribution is 0.102. The van der Waals surface area contributed by atoms with Crippen molar-refractivity contribution in [3.63, 3.8) is 0 Å². The van der Waals surface area contributed by atoms with Crippen molar-refractivity contribution in [1.29, 1.82) is 0 Å². The molecule has 0 aliphatic rings. The summed E-state index contributed by atoms with van der Waals surface area (Å²) in [4.78, 5) is 16.4. The van der Waals surface area contributed by atoms with Crippen molar-refractivity contribution in [2.24, 2.45) is 0 Å². The van der Waals surface area contributed by atoms with Gasteiger partial charge in [-0.15, -0.1) is 0 Å². The van der Waals surface area contributed by atoms with E-state index in [9.17, 15) is 13.2 Å². The highest BCUT2D eigenvalue weighted by Gasteiger charge is 2.16. The first-order valence-corrected chi connectivity index (χ1v) is 9.87. The average Bonchev–Trinajstić information content (AvgIpc) is 2.70. The van der Waals surface area contributed by atoms with Crippen molar-refractivity contribution < 1.29 is 17.9 Å². The lowest BCUT2D eigenvalue weighted by atomic mass is 10.2. The highest BCUT2D eigenvalue weighted by atomic mass is 32.2. The fourth-order valence-corrected chi connectivity index (χ4v) is 3.59. The Hall–Kier alpha value is -3.39. The number of anilines is 2. The molecule has 3 rings (SSSR count). The fourth-order valence-electron chi connectivity index (χ4n) is 2.45. The molecule has 28 heavy (non-hydrogen) atoms. The Kier molecular flexibility index (Phi) is 5.60. The molecule has 0 bridgehead atoms. The van der Waals surface area contributed by atoms with Gasteiger partial charge in [-0.1, -0.05) is 18.2 Å². The van der Waals surface area contributed by atoms with E-state index in [4.69, 9.17) is 4.74 Å². The summed E-state index contributed by atoms with van der Waals surface area (Å²) in [5, 5.41) is 2.69. The predicted octanol–water partition coefficient (Wildman–Crippen LogP) is 3.45. The van der Waals surface area contributed by atoms with Crippen molar-refractivity contribution in [3.05, 3.63) is 78.0 Å². The van der Waals surface area contributed by atoms with Gasteiger partial charge in [0.05, 0.1) is 29.6 Å². The van der Waals surface area contributed by atoms with Gasteiger partial charge in [0.1, 0.15) is 0 Å². The number of sulfonamides is 1. The van der Waals surface area contributed by atoms with E-state index in [1.54, 1.807) is 24.3 Å². The average molecular weight is 397 g/mol. The first kappa shape index (κ1) is 19.4. The first-order valence-electron chi connectivity index (χ1n) is 8.39. The van der Waals surface area contributed by atoms with Gasteiger partial charge in [-0.2, -0.15) is 0 Å². The summed E-state index contributed by atoms with van der Waals surface area (Å²) < 4.78 is 32.6. The van der Waals surface area contributed by atoms with Crippen LogP contribution in [0.15, 0.2) is 71.8 Å². The van der Waals surface area contributed by atoms with E-state index < -0.39 is 10.0 Å². The Morgan fingerprint density at radius 3 is 2.32 bits per heavy atom. The molecule has 1 heterocycles. The van der Waals surface area contributed by atoms with Gasteiger partial charge >= 0.3 is 0 Å². The van der Waals surface area contributed by atoms with Gasteiger partial charge in [-0.3, -0.25) is 9.52 Å². The molecule has 0 saturated heterocycles. The van der Waals surface area contributed by atoms with Gasteiger partial charge in [-0.05, 0) is 48.9 Å². The van der Waals surface area contributed by atoms with Gasteiger partial charge in [0.25, 0.3) is 15.9 Å². The molecule has 0 aliphatic heterocycles. The number of rotatable bonds is 6. The zero-order chi connectivity index (χ0) is 20.1. The summed E-state index contributed by atoms with van der Waals surface area (Å²) in [6.45, 7) is 1.82. The van der Waals surface area contributed by atoms with Crippen molar-refractivity contribution in [2.45, 2.75) is 11.8 Å². The SMILES string of the molecule is COc1ccc(NC(=O)c2ccc(S(=O)(=O)Nc3ccccc3C)cc2)cn1. The van der Waals surface area contributed by atoms with Crippen LogP contribution in [0.1, 0.15) is 15.9 Å². The molecule has 2 aromatic carbocycles. The topological polar surface area (TPSA) is 97.4 Å². The zero-order valence-corrected chi connectivity index (χ0v) is 16.2. The van der Waals surface area contributed by atoms with Crippen molar-refractivity contribution in [2.75, 3.05) is 17.1 Å². The first-order chi connectivity index (χ1) is 13.4. The Morgan fingerprint density at radius 2 is 1.71 bits per heavy atom. The number of methoxy groups -OCH3 is 1. The third kappa shape index (κ3) is 4.47. The Bertz CT molecular complexity index is 1080. The monoisotopic (exact) mass is 397 g/mol. The van der Waals surface area contributed by atoms with Crippen LogP contribution in [-0.2, 0) is 10.0 Å². The van der Waals surface area contributed by atoms with Gasteiger partial charge in [0, 0.05) is 11.6 Å². The maximum Gasteiger partial charge on any atom is 0.261 e. The molecule has 7 nitrogen and oxygen atoms in total. The molecule has 0 saturated carbocycles. The molecule has 8 heteroatoms. The molecule has 1 amide bonds. The van der Waals surface area contributed by atoms with Crippen LogP contribution in [0.25, 0.3) is 0 Å². The van der Waals surface area contributed by atoms with Gasteiger partial charge in [0.15, 0.2) is 0 Å². The number of para-hydroxylation sites is 1. The van der Waals surface area contributed by atoms with Crippen LogP contribution >= 0.6 is 0 Å². The van der Waals surface area contributed by atoms with Crippen molar-refractivity contribution >= 4 is 27.3 Å². The molecule has 0 fully saturated rings. The molecule has 1 aromatic heterocycles. The molecule has 0 spiro atoms. The highest BCUT2D eigenvalue weighted by molar-refractivity contribution is 7.92. The molecule has 0 radical (unpaired) electrons. The van der Waals surface area contributed by atoms with E-state index in [1.165, 1.54) is 37.6 Å². The maximum atomic E-state index is 12.6. The third-order valence-electron chi connectivity index (χ3n) is 4.02. The minimum Gasteiger partial charge on any atom is -0.481 e. The summed E-state index contributed by atoms with van der Waals surface area (Å²) in [6.07, 6.45) is 1.47. The standard InChI is InChI=1S/C20H19N3O4S/c1-14-5-3-4-6-18(14)23-28(25,26)17-10-7-15(8-11-17)20(24)22-16-9-12-19(27-2)21-13-16/h3-13,23H,1-2H3,(H,22,24). The molecule has 144 valence electrons. The van der Waals surface area contributed by atoms with Gasteiger partial charge in [-0.25, -0.2) is 13.4 Å². The van der Waals surface area contributed by atoms with Crippen LogP contribution in [0.5, 0.6) is 5.88 Å². The number of aromatic nitrogens is 1. The van der Waals surface area contributed by atoms with Crippen molar-refractivity contribution in [3.8, 4) is 5.88 Å². The molecule has 3 aromatic rings. The predicted molar refractivity (Wildman–Crippen MR) is 107 cm³/mol. The second-order valence-electron chi connectivity index (χ2n) is 5.99. The third-order valence-corrected chi connectivity index (χ3v) is 5.40. The van der Waals surface area contributed by atoms with Crippen LogP contribution < -0.4 is 14.8 Å². The Morgan fingerprint density at radius 1 is 1.00 bits per heavy atom. The summed E-state index contributed by atoms with van der Waals surface area (Å²) in [7, 11) is -2.25. The van der Waals surface area contributed by atoms with Crippen LogP contribution in [0.3, 0.4) is 0 Å². The summed E-state index contributed by atoms with van der Waals surface area (Å²) in [5.74, 6) is 0.0662. The number of carbonyl (C=O) groups excluding carboxylic acids is 1. The molecule has 0 aliphatic carbocycles. The van der Waals surface area contributed by atoms with Crippen LogP contribution in [0.4, 0.5) is 11.4 Å². The fraction of sp³-hybridized carbons (Fsp3) is 0.100. The number of benzene rings is 2. The minimum absolute atomic E-state index is 0.0680. The van der Waals surface area contributed by atoms with E-state index >= 15 is 0 Å². The quantitative estimate of drug-likeness (QED) is 0.664. The second-order valence-corrected chi connectivity index (χ2v) is 7.67. The number of hydrogen-bond donors (Lipinski definition) is 2. The largest absolute Gasteiger partial charge is 0.481 e. The van der Waals surface area contributed by atoms with E-state index in [1.807, 2.05) is 19.1 Å². The molecular weight excluding hydrogens is 378 g/mol.